The van der Waals surface area contributed by atoms with Crippen LogP contribution in [0.5, 0.6) is 0 Å². The van der Waals surface area contributed by atoms with Crippen LogP contribution in [0.15, 0.2) is 60.9 Å². The Balaban J connectivity index is 1.49. The second-order valence-electron chi connectivity index (χ2n) is 6.39. The van der Waals surface area contributed by atoms with Gasteiger partial charge in [-0.05, 0) is 40.3 Å². The van der Waals surface area contributed by atoms with Crippen LogP contribution in [0.1, 0.15) is 11.6 Å². The molecule has 1 aliphatic rings. The smallest absolute Gasteiger partial charge is 0.252 e. The van der Waals surface area contributed by atoms with E-state index in [0.29, 0.717) is 26.2 Å². The second kappa shape index (κ2) is 7.53. The van der Waals surface area contributed by atoms with E-state index in [1.54, 1.807) is 12.1 Å². The average Bonchev–Trinajstić information content (AvgIpc) is 3.24. The average molecular weight is 366 g/mol. The summed E-state index contributed by atoms with van der Waals surface area (Å²) in [5.74, 6) is -0.285. The van der Waals surface area contributed by atoms with Gasteiger partial charge in [0, 0.05) is 31.9 Å². The molecule has 1 aliphatic heterocycles. The van der Waals surface area contributed by atoms with Crippen LogP contribution in [0, 0.1) is 5.82 Å². The number of carbonyl (C=O) groups is 1. The van der Waals surface area contributed by atoms with Gasteiger partial charge in [-0.1, -0.05) is 30.3 Å². The summed E-state index contributed by atoms with van der Waals surface area (Å²) in [7, 11) is 0. The lowest BCUT2D eigenvalue weighted by Crippen LogP contribution is -2.50. The van der Waals surface area contributed by atoms with Gasteiger partial charge >= 0.3 is 0 Å². The number of carbonyl (C=O) groups excluding carboxylic acids is 1. The molecule has 0 spiro atoms. The molecule has 4 rings (SSSR count). The summed E-state index contributed by atoms with van der Waals surface area (Å²) in [4.78, 5) is 17.2. The standard InChI is InChI=1S/C19H19FN6O/c20-16-6-8-17(9-7-16)24-10-12-25(13-11-24)19(27)18(26-14-21-22-23-26)15-4-2-1-3-5-15/h1-9,14,18H,10-13H2/t18-/m0/s1. The Hall–Kier alpha value is -3.29. The molecular formula is C19H19FN6O. The summed E-state index contributed by atoms with van der Waals surface area (Å²) in [6.45, 7) is 2.55. The summed E-state index contributed by atoms with van der Waals surface area (Å²) in [6, 6.07) is 15.4. The van der Waals surface area contributed by atoms with E-state index >= 15 is 0 Å². The van der Waals surface area contributed by atoms with Crippen molar-refractivity contribution >= 4 is 11.6 Å². The van der Waals surface area contributed by atoms with Crippen LogP contribution in [0.4, 0.5) is 10.1 Å². The van der Waals surface area contributed by atoms with Gasteiger partial charge in [0.15, 0.2) is 6.04 Å². The van der Waals surface area contributed by atoms with Gasteiger partial charge < -0.3 is 9.80 Å². The summed E-state index contributed by atoms with van der Waals surface area (Å²) >= 11 is 0. The van der Waals surface area contributed by atoms with E-state index in [0.717, 1.165) is 11.3 Å². The van der Waals surface area contributed by atoms with Crippen LogP contribution < -0.4 is 4.90 Å². The molecule has 1 saturated heterocycles. The summed E-state index contributed by atoms with van der Waals surface area (Å²) in [5.41, 5.74) is 1.80. The number of hydrogen-bond acceptors (Lipinski definition) is 5. The molecule has 0 bridgehead atoms. The van der Waals surface area contributed by atoms with Gasteiger partial charge in [-0.25, -0.2) is 9.07 Å². The zero-order chi connectivity index (χ0) is 18.6. The molecule has 0 radical (unpaired) electrons. The molecule has 1 aromatic heterocycles. The molecule has 0 N–H and O–H groups in total. The Kier molecular flexibility index (Phi) is 4.78. The number of tetrazole rings is 1. The highest BCUT2D eigenvalue weighted by atomic mass is 19.1. The number of hydrogen-bond donors (Lipinski definition) is 0. The molecule has 138 valence electrons. The summed E-state index contributed by atoms with van der Waals surface area (Å²) in [5, 5.41) is 11.3. The Morgan fingerprint density at radius 2 is 1.67 bits per heavy atom. The van der Waals surface area contributed by atoms with Crippen molar-refractivity contribution in [1.29, 1.82) is 0 Å². The first-order chi connectivity index (χ1) is 13.2. The molecule has 8 heteroatoms. The van der Waals surface area contributed by atoms with Crippen molar-refractivity contribution in [3.63, 3.8) is 0 Å². The molecular weight excluding hydrogens is 347 g/mol. The summed E-state index contributed by atoms with van der Waals surface area (Å²) < 4.78 is 14.6. The predicted molar refractivity (Wildman–Crippen MR) is 97.6 cm³/mol. The lowest BCUT2D eigenvalue weighted by Gasteiger charge is -2.37. The van der Waals surface area contributed by atoms with Crippen LogP contribution >= 0.6 is 0 Å². The van der Waals surface area contributed by atoms with Crippen molar-refractivity contribution in [2.45, 2.75) is 6.04 Å². The molecule has 0 saturated carbocycles. The first-order valence-corrected chi connectivity index (χ1v) is 8.79. The van der Waals surface area contributed by atoms with Crippen molar-refractivity contribution in [2.24, 2.45) is 0 Å². The molecule has 1 atom stereocenters. The van der Waals surface area contributed by atoms with Gasteiger partial charge in [-0.3, -0.25) is 4.79 Å². The molecule has 0 unspecified atom stereocenters. The van der Waals surface area contributed by atoms with E-state index < -0.39 is 6.04 Å². The molecule has 1 fully saturated rings. The molecule has 27 heavy (non-hydrogen) atoms. The number of benzene rings is 2. The second-order valence-corrected chi connectivity index (χ2v) is 6.39. The monoisotopic (exact) mass is 366 g/mol. The highest BCUT2D eigenvalue weighted by Crippen LogP contribution is 2.22. The van der Waals surface area contributed by atoms with Crippen LogP contribution in [-0.2, 0) is 4.79 Å². The fourth-order valence-corrected chi connectivity index (χ4v) is 3.34. The minimum absolute atomic E-state index is 0.0349. The van der Waals surface area contributed by atoms with Crippen molar-refractivity contribution < 1.29 is 9.18 Å². The third-order valence-corrected chi connectivity index (χ3v) is 4.76. The van der Waals surface area contributed by atoms with Crippen LogP contribution in [-0.4, -0.2) is 57.2 Å². The topological polar surface area (TPSA) is 67.2 Å². The normalized spacial score (nSPS) is 15.6. The van der Waals surface area contributed by atoms with Gasteiger partial charge in [0.05, 0.1) is 0 Å². The van der Waals surface area contributed by atoms with E-state index in [1.807, 2.05) is 35.2 Å². The fraction of sp³-hybridized carbons (Fsp3) is 0.263. The minimum atomic E-state index is -0.585. The summed E-state index contributed by atoms with van der Waals surface area (Å²) in [6.07, 6.45) is 1.46. The predicted octanol–water partition coefficient (Wildman–Crippen LogP) is 1.75. The maximum absolute atomic E-state index is 13.2. The highest BCUT2D eigenvalue weighted by molar-refractivity contribution is 5.83. The van der Waals surface area contributed by atoms with Gasteiger partial charge in [0.2, 0.25) is 0 Å². The van der Waals surface area contributed by atoms with Gasteiger partial charge in [-0.15, -0.1) is 5.10 Å². The number of aromatic nitrogens is 4. The Bertz CT molecular complexity index is 876. The van der Waals surface area contributed by atoms with Gasteiger partial charge in [0.25, 0.3) is 5.91 Å². The molecule has 0 aliphatic carbocycles. The zero-order valence-electron chi connectivity index (χ0n) is 14.6. The first-order valence-electron chi connectivity index (χ1n) is 8.79. The third kappa shape index (κ3) is 3.64. The van der Waals surface area contributed by atoms with E-state index in [1.165, 1.54) is 23.1 Å². The molecule has 1 amide bonds. The Morgan fingerprint density at radius 3 is 2.30 bits per heavy atom. The van der Waals surface area contributed by atoms with E-state index in [-0.39, 0.29) is 11.7 Å². The Labute approximate surface area is 156 Å². The van der Waals surface area contributed by atoms with Crippen LogP contribution in [0.25, 0.3) is 0 Å². The number of rotatable bonds is 4. The number of nitrogens with zero attached hydrogens (tertiary/aromatic N) is 6. The number of anilines is 1. The van der Waals surface area contributed by atoms with Gasteiger partial charge in [-0.2, -0.15) is 0 Å². The third-order valence-electron chi connectivity index (χ3n) is 4.76. The SMILES string of the molecule is O=C([C@H](c1ccccc1)n1cnnn1)N1CCN(c2ccc(F)cc2)CC1. The minimum Gasteiger partial charge on any atom is -0.368 e. The molecule has 3 aromatic rings. The van der Waals surface area contributed by atoms with Gasteiger partial charge in [0.1, 0.15) is 12.1 Å². The van der Waals surface area contributed by atoms with Crippen molar-refractivity contribution in [1.82, 2.24) is 25.1 Å². The zero-order valence-corrected chi connectivity index (χ0v) is 14.6. The van der Waals surface area contributed by atoms with Crippen molar-refractivity contribution in [3.05, 3.63) is 72.3 Å². The number of halogens is 1. The molecule has 7 nitrogen and oxygen atoms in total. The maximum Gasteiger partial charge on any atom is 0.252 e. The van der Waals surface area contributed by atoms with E-state index in [4.69, 9.17) is 0 Å². The first kappa shape index (κ1) is 17.1. The molecule has 2 heterocycles. The van der Waals surface area contributed by atoms with Crippen molar-refractivity contribution in [3.8, 4) is 0 Å². The van der Waals surface area contributed by atoms with E-state index in [9.17, 15) is 9.18 Å². The molecule has 2 aromatic carbocycles. The van der Waals surface area contributed by atoms with Crippen molar-refractivity contribution in [2.75, 3.05) is 31.1 Å². The maximum atomic E-state index is 13.2. The quantitative estimate of drug-likeness (QED) is 0.704. The van der Waals surface area contributed by atoms with E-state index in [2.05, 4.69) is 20.4 Å². The lowest BCUT2D eigenvalue weighted by atomic mass is 10.1. The fourth-order valence-electron chi connectivity index (χ4n) is 3.34. The lowest BCUT2D eigenvalue weighted by molar-refractivity contribution is -0.134. The highest BCUT2D eigenvalue weighted by Gasteiger charge is 2.30. The Morgan fingerprint density at radius 1 is 0.963 bits per heavy atom. The van der Waals surface area contributed by atoms with Crippen LogP contribution in [0.3, 0.4) is 0 Å². The van der Waals surface area contributed by atoms with Crippen LogP contribution in [0.2, 0.25) is 0 Å². The number of amides is 1. The number of piperazine rings is 1. The largest absolute Gasteiger partial charge is 0.368 e.